The normalized spacial score (nSPS) is 15.3. The number of piperazine rings is 1. The minimum Gasteiger partial charge on any atom is -0.397 e. The molecule has 2 N–H and O–H groups in total. The average Bonchev–Trinajstić information content (AvgIpc) is 2.50. The van der Waals surface area contributed by atoms with Crippen LogP contribution in [0.4, 0.5) is 17.2 Å². The molecule has 2 heterocycles. The highest BCUT2D eigenvalue weighted by Crippen LogP contribution is 2.25. The zero-order valence-electron chi connectivity index (χ0n) is 12.6. The molecule has 1 aromatic carbocycles. The van der Waals surface area contributed by atoms with Gasteiger partial charge in [-0.2, -0.15) is 0 Å². The average molecular weight is 283 g/mol. The molecular weight excluding hydrogens is 262 g/mol. The molecule has 3 rings (SSSR count). The molecule has 1 aliphatic heterocycles. The first kappa shape index (κ1) is 13.7. The number of benzene rings is 1. The van der Waals surface area contributed by atoms with E-state index in [1.807, 2.05) is 38.2 Å². The zero-order valence-corrected chi connectivity index (χ0v) is 12.6. The predicted octanol–water partition coefficient (Wildman–Crippen LogP) is 2.00. The van der Waals surface area contributed by atoms with E-state index in [2.05, 4.69) is 25.8 Å². The summed E-state index contributed by atoms with van der Waals surface area (Å²) in [6.07, 6.45) is 1.82. The smallest absolute Gasteiger partial charge is 0.150 e. The minimum absolute atomic E-state index is 0.845. The number of anilines is 3. The third kappa shape index (κ3) is 2.77. The fraction of sp³-hybridized carbons (Fsp3) is 0.375. The molecule has 1 aliphatic rings. The van der Waals surface area contributed by atoms with Crippen LogP contribution in [0.25, 0.3) is 0 Å². The van der Waals surface area contributed by atoms with E-state index in [1.54, 1.807) is 0 Å². The van der Waals surface area contributed by atoms with E-state index >= 15 is 0 Å². The monoisotopic (exact) mass is 283 g/mol. The van der Waals surface area contributed by atoms with Crippen molar-refractivity contribution in [1.29, 1.82) is 0 Å². The Balaban J connectivity index is 1.73. The SMILES string of the molecule is Cc1cnc(C)c(N2CCN(c3ccccc3N)CC2)n1. The highest BCUT2D eigenvalue weighted by atomic mass is 15.3. The molecule has 5 nitrogen and oxygen atoms in total. The number of nitrogens with zero attached hydrogens (tertiary/aromatic N) is 4. The van der Waals surface area contributed by atoms with Gasteiger partial charge in [0.05, 0.1) is 22.8 Å². The maximum Gasteiger partial charge on any atom is 0.150 e. The van der Waals surface area contributed by atoms with Crippen molar-refractivity contribution in [3.05, 3.63) is 41.9 Å². The van der Waals surface area contributed by atoms with Crippen molar-refractivity contribution >= 4 is 17.2 Å². The number of nitrogen functional groups attached to an aromatic ring is 1. The van der Waals surface area contributed by atoms with Crippen LogP contribution in [0, 0.1) is 13.8 Å². The molecule has 0 aliphatic carbocycles. The van der Waals surface area contributed by atoms with Gasteiger partial charge < -0.3 is 15.5 Å². The number of rotatable bonds is 2. The Labute approximate surface area is 125 Å². The Morgan fingerprint density at radius 2 is 1.67 bits per heavy atom. The van der Waals surface area contributed by atoms with Crippen LogP contribution in [0.1, 0.15) is 11.4 Å². The lowest BCUT2D eigenvalue weighted by Crippen LogP contribution is -2.47. The number of hydrogen-bond donors (Lipinski definition) is 1. The number of aromatic nitrogens is 2. The Morgan fingerprint density at radius 1 is 1.00 bits per heavy atom. The topological polar surface area (TPSA) is 58.3 Å². The molecule has 110 valence electrons. The first-order valence-corrected chi connectivity index (χ1v) is 7.30. The first-order chi connectivity index (χ1) is 10.1. The molecular formula is C16H21N5. The standard InChI is InChI=1S/C16H21N5/c1-12-11-18-13(2)16(19-12)21-9-7-20(8-10-21)15-6-4-3-5-14(15)17/h3-6,11H,7-10,17H2,1-2H3. The molecule has 2 aromatic rings. The van der Waals surface area contributed by atoms with E-state index in [0.29, 0.717) is 0 Å². The highest BCUT2D eigenvalue weighted by molar-refractivity contribution is 5.67. The molecule has 0 saturated carbocycles. The third-order valence-corrected chi connectivity index (χ3v) is 3.91. The van der Waals surface area contributed by atoms with Crippen molar-refractivity contribution in [2.24, 2.45) is 0 Å². The highest BCUT2D eigenvalue weighted by Gasteiger charge is 2.21. The number of hydrogen-bond acceptors (Lipinski definition) is 5. The van der Waals surface area contributed by atoms with Gasteiger partial charge in [-0.1, -0.05) is 12.1 Å². The lowest BCUT2D eigenvalue weighted by atomic mass is 10.2. The van der Waals surface area contributed by atoms with E-state index in [0.717, 1.165) is 54.8 Å². The van der Waals surface area contributed by atoms with Gasteiger partial charge >= 0.3 is 0 Å². The number of para-hydroxylation sites is 2. The Morgan fingerprint density at radius 3 is 2.38 bits per heavy atom. The minimum atomic E-state index is 0.845. The molecule has 0 amide bonds. The van der Waals surface area contributed by atoms with Crippen LogP contribution in [-0.2, 0) is 0 Å². The molecule has 0 radical (unpaired) electrons. The second-order valence-corrected chi connectivity index (χ2v) is 5.45. The molecule has 1 aromatic heterocycles. The fourth-order valence-corrected chi connectivity index (χ4v) is 2.76. The van der Waals surface area contributed by atoms with E-state index in [9.17, 15) is 0 Å². The van der Waals surface area contributed by atoms with Crippen molar-refractivity contribution in [3.63, 3.8) is 0 Å². The van der Waals surface area contributed by atoms with Crippen LogP contribution in [0.5, 0.6) is 0 Å². The summed E-state index contributed by atoms with van der Waals surface area (Å²) in [5.41, 5.74) is 9.99. The summed E-state index contributed by atoms with van der Waals surface area (Å²) in [6, 6.07) is 8.05. The van der Waals surface area contributed by atoms with Crippen LogP contribution >= 0.6 is 0 Å². The van der Waals surface area contributed by atoms with Gasteiger partial charge in [-0.3, -0.25) is 4.98 Å². The first-order valence-electron chi connectivity index (χ1n) is 7.30. The molecule has 5 heteroatoms. The fourth-order valence-electron chi connectivity index (χ4n) is 2.76. The molecule has 0 atom stereocenters. The predicted molar refractivity (Wildman–Crippen MR) is 86.8 cm³/mol. The summed E-state index contributed by atoms with van der Waals surface area (Å²) < 4.78 is 0. The van der Waals surface area contributed by atoms with Gasteiger partial charge in [-0.25, -0.2) is 4.98 Å². The van der Waals surface area contributed by atoms with Crippen LogP contribution < -0.4 is 15.5 Å². The Kier molecular flexibility index (Phi) is 3.64. The van der Waals surface area contributed by atoms with Crippen LogP contribution in [0.15, 0.2) is 30.5 Å². The van der Waals surface area contributed by atoms with Crippen molar-refractivity contribution in [2.45, 2.75) is 13.8 Å². The van der Waals surface area contributed by atoms with Gasteiger partial charge in [-0.05, 0) is 26.0 Å². The Bertz CT molecular complexity index is 632. The molecule has 1 fully saturated rings. The van der Waals surface area contributed by atoms with E-state index in [4.69, 9.17) is 5.73 Å². The lowest BCUT2D eigenvalue weighted by molar-refractivity contribution is 0.644. The van der Waals surface area contributed by atoms with Crippen molar-refractivity contribution < 1.29 is 0 Å². The van der Waals surface area contributed by atoms with Gasteiger partial charge in [0, 0.05) is 32.4 Å². The van der Waals surface area contributed by atoms with Crippen LogP contribution in [0.3, 0.4) is 0 Å². The van der Waals surface area contributed by atoms with Crippen molar-refractivity contribution in [2.75, 3.05) is 41.7 Å². The van der Waals surface area contributed by atoms with Crippen LogP contribution in [-0.4, -0.2) is 36.1 Å². The second kappa shape index (κ2) is 5.60. The van der Waals surface area contributed by atoms with Crippen molar-refractivity contribution in [3.8, 4) is 0 Å². The summed E-state index contributed by atoms with van der Waals surface area (Å²) in [4.78, 5) is 13.7. The lowest BCUT2D eigenvalue weighted by Gasteiger charge is -2.37. The van der Waals surface area contributed by atoms with Gasteiger partial charge in [0.2, 0.25) is 0 Å². The number of aryl methyl sites for hydroxylation is 2. The second-order valence-electron chi connectivity index (χ2n) is 5.45. The maximum atomic E-state index is 6.06. The third-order valence-electron chi connectivity index (χ3n) is 3.91. The quantitative estimate of drug-likeness (QED) is 0.854. The molecule has 0 unspecified atom stereocenters. The largest absolute Gasteiger partial charge is 0.397 e. The Hall–Kier alpha value is -2.30. The van der Waals surface area contributed by atoms with E-state index < -0.39 is 0 Å². The maximum absolute atomic E-state index is 6.06. The molecule has 0 spiro atoms. The summed E-state index contributed by atoms with van der Waals surface area (Å²) >= 11 is 0. The van der Waals surface area contributed by atoms with E-state index in [-0.39, 0.29) is 0 Å². The number of nitrogens with two attached hydrogens (primary N) is 1. The molecule has 21 heavy (non-hydrogen) atoms. The van der Waals surface area contributed by atoms with Gasteiger partial charge in [0.25, 0.3) is 0 Å². The summed E-state index contributed by atoms with van der Waals surface area (Å²) in [6.45, 7) is 7.77. The zero-order chi connectivity index (χ0) is 14.8. The molecule has 0 bridgehead atoms. The van der Waals surface area contributed by atoms with Gasteiger partial charge in [0.1, 0.15) is 5.82 Å². The van der Waals surface area contributed by atoms with Crippen molar-refractivity contribution in [1.82, 2.24) is 9.97 Å². The van der Waals surface area contributed by atoms with E-state index in [1.165, 1.54) is 0 Å². The van der Waals surface area contributed by atoms with Gasteiger partial charge in [0.15, 0.2) is 0 Å². The summed E-state index contributed by atoms with van der Waals surface area (Å²) in [7, 11) is 0. The summed E-state index contributed by atoms with van der Waals surface area (Å²) in [5.74, 6) is 1.01. The summed E-state index contributed by atoms with van der Waals surface area (Å²) in [5, 5.41) is 0. The van der Waals surface area contributed by atoms with Crippen LogP contribution in [0.2, 0.25) is 0 Å². The molecule has 1 saturated heterocycles. The van der Waals surface area contributed by atoms with Gasteiger partial charge in [-0.15, -0.1) is 0 Å².